The molecule has 2 aliphatic heterocycles. The van der Waals surface area contributed by atoms with E-state index in [1.54, 1.807) is 0 Å². The molecule has 1 unspecified atom stereocenters. The lowest BCUT2D eigenvalue weighted by Gasteiger charge is -2.36. The predicted octanol–water partition coefficient (Wildman–Crippen LogP) is 8.22. The van der Waals surface area contributed by atoms with Gasteiger partial charge in [0.1, 0.15) is 5.78 Å². The zero-order chi connectivity index (χ0) is 51.3. The lowest BCUT2D eigenvalue weighted by atomic mass is 9.90. The fraction of sp³-hybridized carbons (Fsp3) is 0.466. The van der Waals surface area contributed by atoms with Crippen molar-refractivity contribution in [3.8, 4) is 33.6 Å². The highest BCUT2D eigenvalue weighted by molar-refractivity contribution is 5.97. The molecule has 4 aliphatic rings. The second kappa shape index (κ2) is 26.9. The first-order valence-electron chi connectivity index (χ1n) is 26.4. The molecule has 394 valence electrons. The molecule has 2 aromatic carbocycles. The monoisotopic (exact) mass is 1030 g/mol. The summed E-state index contributed by atoms with van der Waals surface area (Å²) in [4.78, 5) is 46.4. The van der Waals surface area contributed by atoms with Crippen molar-refractivity contribution in [2.24, 2.45) is 11.8 Å². The van der Waals surface area contributed by atoms with Gasteiger partial charge in [-0.25, -0.2) is 9.36 Å². The van der Waals surface area contributed by atoms with Crippen LogP contribution in [0.4, 0.5) is 0 Å². The molecule has 0 radical (unpaired) electrons. The number of likely N-dealkylation sites (tertiary alicyclic amines) is 1. The Balaban J connectivity index is 0.000000194. The van der Waals surface area contributed by atoms with Crippen LogP contribution >= 0.6 is 12.4 Å². The van der Waals surface area contributed by atoms with Crippen molar-refractivity contribution < 1.29 is 24.6 Å². The summed E-state index contributed by atoms with van der Waals surface area (Å²) in [6, 6.07) is 17.3. The Morgan fingerprint density at radius 3 is 1.54 bits per heavy atom. The van der Waals surface area contributed by atoms with Gasteiger partial charge in [-0.15, -0.1) is 12.4 Å². The Kier molecular flexibility index (Phi) is 20.2. The van der Waals surface area contributed by atoms with Crippen molar-refractivity contribution in [1.29, 1.82) is 0 Å². The molecule has 0 spiro atoms. The highest BCUT2D eigenvalue weighted by Crippen LogP contribution is 2.30. The summed E-state index contributed by atoms with van der Waals surface area (Å²) >= 11 is 0. The molecule has 0 bridgehead atoms. The van der Waals surface area contributed by atoms with E-state index in [0.717, 1.165) is 122 Å². The van der Waals surface area contributed by atoms with E-state index in [9.17, 15) is 19.5 Å². The molecular weight excluding hydrogens is 952 g/mol. The Hall–Kier alpha value is -6.10. The van der Waals surface area contributed by atoms with E-state index in [0.29, 0.717) is 41.6 Å². The van der Waals surface area contributed by atoms with Crippen molar-refractivity contribution >= 4 is 30.0 Å². The number of benzene rings is 2. The maximum absolute atomic E-state index is 12.5. The third kappa shape index (κ3) is 16.0. The summed E-state index contributed by atoms with van der Waals surface area (Å²) in [5.41, 5.74) is 12.1. The van der Waals surface area contributed by atoms with Gasteiger partial charge in [0.2, 0.25) is 0 Å². The third-order valence-electron chi connectivity index (χ3n) is 14.5. The average molecular weight is 1030 g/mol. The summed E-state index contributed by atoms with van der Waals surface area (Å²) < 4.78 is 3.76. The maximum Gasteiger partial charge on any atom is 0.251 e. The van der Waals surface area contributed by atoms with Crippen molar-refractivity contribution in [2.45, 2.75) is 123 Å². The molecule has 6 aromatic rings. The molecule has 16 heteroatoms. The van der Waals surface area contributed by atoms with Gasteiger partial charge in [0.25, 0.3) is 11.8 Å². The molecular formula is C58H75ClN10O5. The number of aryl methyl sites for hydroxylation is 2. The standard InChI is InChI=1S/C29H37N5O2.C25H29N5O.C4H8O2.ClH/c1-20-3-4-24(29(36)32-26-5-6-26)15-28(20)25-17-31-34(19-25)27-14-23(16-30-18-27)13-22-7-10-33(11-8-22)21(2)9-12-35;1-17-2-3-20(25(31)29-22-4-5-22)12-24(17)21-14-28-30(16-21)23-11-19(13-27-15-23)10-18-6-8-26-9-7-18;1-4(6)2-3-5;/h3-4,14-19,21-22,26,35H,5-13H2,1-2H3,(H,32,36);2-3,11-16,18,22,26H,4-10H2,1H3,(H,29,31);5H,2-3H2,1H3;1H. The maximum atomic E-state index is 12.5. The van der Waals surface area contributed by atoms with Gasteiger partial charge in [0.15, 0.2) is 0 Å². The van der Waals surface area contributed by atoms with E-state index in [-0.39, 0.29) is 43.2 Å². The van der Waals surface area contributed by atoms with Crippen LogP contribution in [-0.2, 0) is 17.6 Å². The minimum absolute atomic E-state index is 0. The van der Waals surface area contributed by atoms with Gasteiger partial charge in [-0.3, -0.25) is 24.4 Å². The van der Waals surface area contributed by atoms with Crippen LogP contribution in [0.1, 0.15) is 121 Å². The normalized spacial score (nSPS) is 16.4. The van der Waals surface area contributed by atoms with Gasteiger partial charge in [0, 0.05) is 84.8 Å². The molecule has 2 saturated carbocycles. The summed E-state index contributed by atoms with van der Waals surface area (Å²) in [6.45, 7) is 12.4. The summed E-state index contributed by atoms with van der Waals surface area (Å²) in [6.07, 6.45) is 27.8. The number of carbonyl (C=O) groups excluding carboxylic acids is 3. The number of rotatable bonds is 17. The fourth-order valence-electron chi connectivity index (χ4n) is 9.65. The molecule has 74 heavy (non-hydrogen) atoms. The molecule has 15 nitrogen and oxygen atoms in total. The lowest BCUT2D eigenvalue weighted by molar-refractivity contribution is -0.117. The van der Waals surface area contributed by atoms with Gasteiger partial charge in [-0.05, 0) is 206 Å². The molecule has 4 fully saturated rings. The molecule has 2 aliphatic carbocycles. The molecule has 6 heterocycles. The van der Waals surface area contributed by atoms with E-state index >= 15 is 0 Å². The third-order valence-corrected chi connectivity index (χ3v) is 14.5. The molecule has 2 saturated heterocycles. The number of carbonyl (C=O) groups is 3. The van der Waals surface area contributed by atoms with Crippen LogP contribution in [0.3, 0.4) is 0 Å². The average Bonchev–Trinajstić information content (AvgIpc) is 4.29. The van der Waals surface area contributed by atoms with Crippen LogP contribution in [-0.4, -0.2) is 120 Å². The number of pyridine rings is 2. The number of aromatic nitrogens is 6. The number of ketones is 1. The van der Waals surface area contributed by atoms with Gasteiger partial charge < -0.3 is 31.1 Å². The van der Waals surface area contributed by atoms with E-state index in [1.165, 1.54) is 43.7 Å². The zero-order valence-electron chi connectivity index (χ0n) is 43.5. The Labute approximate surface area is 442 Å². The van der Waals surface area contributed by atoms with Crippen LogP contribution in [0.2, 0.25) is 0 Å². The first-order chi connectivity index (χ1) is 35.4. The van der Waals surface area contributed by atoms with Crippen molar-refractivity contribution in [3.05, 3.63) is 131 Å². The number of halogens is 1. The van der Waals surface area contributed by atoms with Crippen LogP contribution in [0.5, 0.6) is 0 Å². The molecule has 5 N–H and O–H groups in total. The second-order valence-corrected chi connectivity index (χ2v) is 20.6. The number of hydrogen-bond acceptors (Lipinski definition) is 11. The minimum atomic E-state index is -0.0185. The Bertz CT molecular complexity index is 2790. The smallest absolute Gasteiger partial charge is 0.251 e. The van der Waals surface area contributed by atoms with Crippen LogP contribution in [0.15, 0.2) is 98.1 Å². The summed E-state index contributed by atoms with van der Waals surface area (Å²) in [5, 5.41) is 36.0. The van der Waals surface area contributed by atoms with E-state index in [2.05, 4.69) is 73.9 Å². The number of amides is 2. The topological polar surface area (TPSA) is 192 Å². The highest BCUT2D eigenvalue weighted by atomic mass is 35.5. The number of aliphatic hydroxyl groups is 2. The van der Waals surface area contributed by atoms with Crippen LogP contribution in [0.25, 0.3) is 33.6 Å². The zero-order valence-corrected chi connectivity index (χ0v) is 44.3. The Morgan fingerprint density at radius 2 is 1.12 bits per heavy atom. The van der Waals surface area contributed by atoms with Gasteiger partial charge in [-0.1, -0.05) is 12.1 Å². The summed E-state index contributed by atoms with van der Waals surface area (Å²) in [7, 11) is 0. The van der Waals surface area contributed by atoms with Crippen molar-refractivity contribution in [3.63, 3.8) is 0 Å². The summed E-state index contributed by atoms with van der Waals surface area (Å²) in [5.74, 6) is 1.42. The second-order valence-electron chi connectivity index (χ2n) is 20.6. The number of nitrogens with one attached hydrogen (secondary N) is 3. The molecule has 4 aromatic heterocycles. The molecule has 1 atom stereocenters. The number of piperidine rings is 2. The van der Waals surface area contributed by atoms with E-state index < -0.39 is 0 Å². The molecule has 2 amide bonds. The number of nitrogens with zero attached hydrogens (tertiary/aromatic N) is 7. The first-order valence-corrected chi connectivity index (χ1v) is 26.4. The van der Waals surface area contributed by atoms with Crippen LogP contribution in [0, 0.1) is 25.7 Å². The fourth-order valence-corrected chi connectivity index (χ4v) is 9.65. The Morgan fingerprint density at radius 1 is 0.649 bits per heavy atom. The van der Waals surface area contributed by atoms with Crippen molar-refractivity contribution in [1.82, 2.24) is 50.4 Å². The molecule has 10 rings (SSSR count). The lowest BCUT2D eigenvalue weighted by Crippen LogP contribution is -2.40. The highest BCUT2D eigenvalue weighted by Gasteiger charge is 2.26. The quantitative estimate of drug-likeness (QED) is 0.0592. The van der Waals surface area contributed by atoms with E-state index in [4.69, 9.17) is 5.11 Å². The predicted molar refractivity (Wildman–Crippen MR) is 292 cm³/mol. The SMILES string of the molecule is CC(=O)CCO.Cc1ccc(C(=O)NC2CC2)cc1-c1cnn(-c2cncc(CC3CCN(C(C)CCO)CC3)c2)c1.Cc1ccc(C(=O)NC2CC2)cc1-c1cnn(-c2cncc(CC3CCNCC3)c2)c1.Cl. The van der Waals surface area contributed by atoms with Crippen LogP contribution < -0.4 is 16.0 Å². The number of aliphatic hydroxyl groups excluding tert-OH is 2. The van der Waals surface area contributed by atoms with Crippen molar-refractivity contribution in [2.75, 3.05) is 39.4 Å². The van der Waals surface area contributed by atoms with Gasteiger partial charge in [-0.2, -0.15) is 10.2 Å². The van der Waals surface area contributed by atoms with Gasteiger partial charge in [0.05, 0.1) is 36.2 Å². The largest absolute Gasteiger partial charge is 0.396 e. The number of hydrogen-bond donors (Lipinski definition) is 5. The number of Topliss-reactive ketones (excluding diaryl/α,β-unsaturated/α-hetero) is 1. The first kappa shape index (κ1) is 55.6. The van der Waals surface area contributed by atoms with E-state index in [1.807, 2.05) is 95.3 Å². The minimum Gasteiger partial charge on any atom is -0.396 e. The van der Waals surface area contributed by atoms with Gasteiger partial charge >= 0.3 is 0 Å².